The zero-order valence-corrected chi connectivity index (χ0v) is 9.98. The summed E-state index contributed by atoms with van der Waals surface area (Å²) < 4.78 is 4.99. The summed E-state index contributed by atoms with van der Waals surface area (Å²) in [6.45, 7) is 2.73. The molecular weight excluding hydrogens is 222 g/mol. The summed E-state index contributed by atoms with van der Waals surface area (Å²) in [4.78, 5) is 22.3. The van der Waals surface area contributed by atoms with Gasteiger partial charge in [-0.2, -0.15) is 0 Å². The SMILES string of the molecule is COc1ccc([C@](C)(NC(C)=O)C(=O)O)cc1. The maximum atomic E-state index is 11.3. The number of hydrogen-bond donors (Lipinski definition) is 2. The molecule has 1 amide bonds. The molecule has 0 aliphatic heterocycles. The number of amides is 1. The Morgan fingerprint density at radius 3 is 2.18 bits per heavy atom. The molecule has 5 heteroatoms. The molecule has 1 rings (SSSR count). The molecule has 0 saturated heterocycles. The number of benzene rings is 1. The average Bonchev–Trinajstić information content (AvgIpc) is 2.28. The molecule has 0 aromatic heterocycles. The summed E-state index contributed by atoms with van der Waals surface area (Å²) in [7, 11) is 1.53. The van der Waals surface area contributed by atoms with Crippen molar-refractivity contribution in [2.45, 2.75) is 19.4 Å². The summed E-state index contributed by atoms with van der Waals surface area (Å²) in [5.41, 5.74) is -0.945. The average molecular weight is 237 g/mol. The standard InChI is InChI=1S/C12H15NO4/c1-8(14)13-12(2,11(15)16)9-4-6-10(17-3)7-5-9/h4-7H,1-3H3,(H,13,14)(H,15,16)/t12-/m0/s1. The number of methoxy groups -OCH3 is 1. The van der Waals surface area contributed by atoms with Gasteiger partial charge in [-0.05, 0) is 24.6 Å². The van der Waals surface area contributed by atoms with E-state index in [0.717, 1.165) is 0 Å². The third kappa shape index (κ3) is 2.75. The first kappa shape index (κ1) is 13.0. The Labute approximate surface area is 99.4 Å². The molecule has 17 heavy (non-hydrogen) atoms. The number of rotatable bonds is 4. The van der Waals surface area contributed by atoms with Gasteiger partial charge in [0.15, 0.2) is 5.54 Å². The van der Waals surface area contributed by atoms with Crippen LogP contribution >= 0.6 is 0 Å². The molecule has 0 unspecified atom stereocenters. The molecule has 0 heterocycles. The first-order chi connectivity index (χ1) is 7.90. The van der Waals surface area contributed by atoms with E-state index in [2.05, 4.69) is 5.32 Å². The summed E-state index contributed by atoms with van der Waals surface area (Å²) in [6.07, 6.45) is 0. The van der Waals surface area contributed by atoms with Gasteiger partial charge in [-0.1, -0.05) is 12.1 Å². The van der Waals surface area contributed by atoms with Crippen LogP contribution in [-0.2, 0) is 15.1 Å². The van der Waals surface area contributed by atoms with Crippen molar-refractivity contribution in [1.82, 2.24) is 5.32 Å². The highest BCUT2D eigenvalue weighted by Crippen LogP contribution is 2.23. The van der Waals surface area contributed by atoms with Crippen LogP contribution in [0.4, 0.5) is 0 Å². The lowest BCUT2D eigenvalue weighted by atomic mass is 9.92. The van der Waals surface area contributed by atoms with E-state index in [-0.39, 0.29) is 0 Å². The quantitative estimate of drug-likeness (QED) is 0.823. The topological polar surface area (TPSA) is 75.6 Å². The maximum absolute atomic E-state index is 11.3. The third-order valence-electron chi connectivity index (χ3n) is 2.52. The van der Waals surface area contributed by atoms with Gasteiger partial charge in [0.05, 0.1) is 7.11 Å². The Kier molecular flexibility index (Phi) is 3.73. The van der Waals surface area contributed by atoms with Crippen molar-refractivity contribution in [2.75, 3.05) is 7.11 Å². The van der Waals surface area contributed by atoms with Gasteiger partial charge in [-0.25, -0.2) is 4.79 Å². The Hall–Kier alpha value is -2.04. The van der Waals surface area contributed by atoms with Crippen LogP contribution in [0.15, 0.2) is 24.3 Å². The fraction of sp³-hybridized carbons (Fsp3) is 0.333. The zero-order chi connectivity index (χ0) is 13.1. The van der Waals surface area contributed by atoms with Gasteiger partial charge in [0.2, 0.25) is 5.91 Å². The summed E-state index contributed by atoms with van der Waals surface area (Å²) in [5.74, 6) is -0.882. The number of aliphatic carboxylic acids is 1. The lowest BCUT2D eigenvalue weighted by Crippen LogP contribution is -2.48. The van der Waals surface area contributed by atoms with Crippen LogP contribution in [0.3, 0.4) is 0 Å². The van der Waals surface area contributed by atoms with E-state index in [9.17, 15) is 14.7 Å². The van der Waals surface area contributed by atoms with Crippen molar-refractivity contribution in [3.05, 3.63) is 29.8 Å². The molecule has 0 aliphatic carbocycles. The normalized spacial score (nSPS) is 13.6. The van der Waals surface area contributed by atoms with Gasteiger partial charge in [-0.15, -0.1) is 0 Å². The van der Waals surface area contributed by atoms with E-state index in [1.165, 1.54) is 21.0 Å². The minimum absolute atomic E-state index is 0.397. The highest BCUT2D eigenvalue weighted by Gasteiger charge is 2.35. The van der Waals surface area contributed by atoms with Gasteiger partial charge in [0.25, 0.3) is 0 Å². The van der Waals surface area contributed by atoms with E-state index in [4.69, 9.17) is 4.74 Å². The molecule has 0 saturated carbocycles. The Bertz CT molecular complexity index is 427. The van der Waals surface area contributed by atoms with Crippen LogP contribution in [-0.4, -0.2) is 24.1 Å². The van der Waals surface area contributed by atoms with E-state index < -0.39 is 17.4 Å². The van der Waals surface area contributed by atoms with Crippen LogP contribution in [0.5, 0.6) is 5.75 Å². The van der Waals surface area contributed by atoms with E-state index in [1.54, 1.807) is 24.3 Å². The van der Waals surface area contributed by atoms with Crippen LogP contribution < -0.4 is 10.1 Å². The lowest BCUT2D eigenvalue weighted by molar-refractivity contribution is -0.147. The molecule has 2 N–H and O–H groups in total. The maximum Gasteiger partial charge on any atom is 0.333 e. The second-order valence-corrected chi connectivity index (χ2v) is 3.84. The first-order valence-corrected chi connectivity index (χ1v) is 5.07. The molecule has 0 spiro atoms. The van der Waals surface area contributed by atoms with E-state index >= 15 is 0 Å². The third-order valence-corrected chi connectivity index (χ3v) is 2.52. The molecule has 92 valence electrons. The number of carboxylic acid groups (broad SMARTS) is 1. The number of carbonyl (C=O) groups excluding carboxylic acids is 1. The number of carbonyl (C=O) groups is 2. The minimum atomic E-state index is -1.43. The predicted octanol–water partition coefficient (Wildman–Crippen LogP) is 1.13. The zero-order valence-electron chi connectivity index (χ0n) is 9.98. The fourth-order valence-electron chi connectivity index (χ4n) is 1.53. The van der Waals surface area contributed by atoms with Crippen molar-refractivity contribution >= 4 is 11.9 Å². The minimum Gasteiger partial charge on any atom is -0.497 e. The van der Waals surface area contributed by atoms with Crippen molar-refractivity contribution < 1.29 is 19.4 Å². The molecular formula is C12H15NO4. The predicted molar refractivity (Wildman–Crippen MR) is 61.8 cm³/mol. The number of carboxylic acids is 1. The number of nitrogens with one attached hydrogen (secondary N) is 1. The van der Waals surface area contributed by atoms with Crippen LogP contribution in [0, 0.1) is 0 Å². The molecule has 1 aromatic carbocycles. The highest BCUT2D eigenvalue weighted by molar-refractivity contribution is 5.86. The van der Waals surface area contributed by atoms with Gasteiger partial charge >= 0.3 is 5.97 Å². The lowest BCUT2D eigenvalue weighted by Gasteiger charge is -2.26. The fourth-order valence-corrected chi connectivity index (χ4v) is 1.53. The summed E-state index contributed by atoms with van der Waals surface area (Å²) in [5, 5.41) is 11.6. The summed E-state index contributed by atoms with van der Waals surface area (Å²) in [6, 6.07) is 6.53. The highest BCUT2D eigenvalue weighted by atomic mass is 16.5. The van der Waals surface area contributed by atoms with Crippen LogP contribution in [0.1, 0.15) is 19.4 Å². The molecule has 5 nitrogen and oxygen atoms in total. The van der Waals surface area contributed by atoms with Crippen LogP contribution in [0.25, 0.3) is 0 Å². The van der Waals surface area contributed by atoms with Gasteiger partial charge in [-0.3, -0.25) is 4.79 Å². The van der Waals surface area contributed by atoms with Crippen molar-refractivity contribution in [2.24, 2.45) is 0 Å². The van der Waals surface area contributed by atoms with Crippen molar-refractivity contribution in [1.29, 1.82) is 0 Å². The van der Waals surface area contributed by atoms with Gasteiger partial charge in [0.1, 0.15) is 5.75 Å². The first-order valence-electron chi connectivity index (χ1n) is 5.07. The van der Waals surface area contributed by atoms with Crippen molar-refractivity contribution in [3.63, 3.8) is 0 Å². The van der Waals surface area contributed by atoms with Crippen molar-refractivity contribution in [3.8, 4) is 5.75 Å². The van der Waals surface area contributed by atoms with E-state index in [0.29, 0.717) is 11.3 Å². The Morgan fingerprint density at radius 2 is 1.82 bits per heavy atom. The van der Waals surface area contributed by atoms with Gasteiger partial charge in [0, 0.05) is 6.92 Å². The van der Waals surface area contributed by atoms with Crippen LogP contribution in [0.2, 0.25) is 0 Å². The molecule has 0 bridgehead atoms. The molecule has 0 radical (unpaired) electrons. The monoisotopic (exact) mass is 237 g/mol. The second kappa shape index (κ2) is 4.86. The largest absolute Gasteiger partial charge is 0.497 e. The Morgan fingerprint density at radius 1 is 1.29 bits per heavy atom. The van der Waals surface area contributed by atoms with E-state index in [1.807, 2.05) is 0 Å². The molecule has 1 atom stereocenters. The number of ether oxygens (including phenoxy) is 1. The smallest absolute Gasteiger partial charge is 0.333 e. The second-order valence-electron chi connectivity index (χ2n) is 3.84. The van der Waals surface area contributed by atoms with Gasteiger partial charge < -0.3 is 15.2 Å². The number of hydrogen-bond acceptors (Lipinski definition) is 3. The molecule has 1 aromatic rings. The molecule has 0 fully saturated rings. The molecule has 0 aliphatic rings. The summed E-state index contributed by atoms with van der Waals surface area (Å²) >= 11 is 0. The Balaban J connectivity index is 3.13.